The fourth-order valence-corrected chi connectivity index (χ4v) is 4.87. The average Bonchev–Trinajstić information content (AvgIpc) is 3.18. The van der Waals surface area contributed by atoms with E-state index < -0.39 is 0 Å². The second kappa shape index (κ2) is 8.37. The molecular weight excluding hydrogens is 381 g/mol. The molecule has 1 unspecified atom stereocenters. The van der Waals surface area contributed by atoms with Crippen molar-refractivity contribution in [3.63, 3.8) is 0 Å². The lowest BCUT2D eigenvalue weighted by molar-refractivity contribution is -0.0208. The summed E-state index contributed by atoms with van der Waals surface area (Å²) in [6.07, 6.45) is 7.68. The molecule has 0 bridgehead atoms. The molecule has 1 aromatic heterocycles. The lowest BCUT2D eigenvalue weighted by Gasteiger charge is -2.42. The average molecular weight is 410 g/mol. The zero-order chi connectivity index (χ0) is 20.5. The van der Waals surface area contributed by atoms with Crippen molar-refractivity contribution in [3.8, 4) is 11.8 Å². The van der Waals surface area contributed by atoms with Gasteiger partial charge in [0, 0.05) is 38.1 Å². The van der Waals surface area contributed by atoms with E-state index in [1.54, 1.807) is 12.1 Å². The van der Waals surface area contributed by atoms with Gasteiger partial charge in [-0.05, 0) is 49.9 Å². The normalized spacial score (nSPS) is 23.9. The van der Waals surface area contributed by atoms with Crippen LogP contribution < -0.4 is 4.90 Å². The molecule has 1 atom stereocenters. The molecule has 3 aliphatic rings. The first-order valence-corrected chi connectivity index (χ1v) is 11.1. The highest BCUT2D eigenvalue weighted by Crippen LogP contribution is 2.41. The summed E-state index contributed by atoms with van der Waals surface area (Å²) in [4.78, 5) is 4.91. The Morgan fingerprint density at radius 3 is 2.50 bits per heavy atom. The lowest BCUT2D eigenvalue weighted by atomic mass is 9.82. The standard InChI is InChI=1S/C23H28FN5O/c24-18-4-6-20(7-5-18)29-16-22(23(26-29)17-2-1-3-17)27-10-8-19(9-11-27)28-12-13-30-21(14-25)15-28/h4-7,16-17,19,21H,1-3,8-13,15H2. The summed E-state index contributed by atoms with van der Waals surface area (Å²) in [5, 5.41) is 14.1. The third-order valence-electron chi connectivity index (χ3n) is 6.87. The quantitative estimate of drug-likeness (QED) is 0.774. The maximum absolute atomic E-state index is 13.3. The minimum absolute atomic E-state index is 0.228. The van der Waals surface area contributed by atoms with Crippen LogP contribution in [-0.4, -0.2) is 59.6 Å². The van der Waals surface area contributed by atoms with Gasteiger partial charge in [0.05, 0.1) is 35.9 Å². The number of benzene rings is 1. The molecule has 1 aromatic carbocycles. The summed E-state index contributed by atoms with van der Waals surface area (Å²) < 4.78 is 20.8. The van der Waals surface area contributed by atoms with Crippen LogP contribution >= 0.6 is 0 Å². The van der Waals surface area contributed by atoms with Crippen molar-refractivity contribution < 1.29 is 9.13 Å². The Kier molecular flexibility index (Phi) is 5.45. The first-order chi connectivity index (χ1) is 14.7. The maximum Gasteiger partial charge on any atom is 0.156 e. The zero-order valence-corrected chi connectivity index (χ0v) is 17.2. The Morgan fingerprint density at radius 2 is 1.83 bits per heavy atom. The molecule has 0 N–H and O–H groups in total. The van der Waals surface area contributed by atoms with Crippen LogP contribution in [-0.2, 0) is 4.74 Å². The molecule has 3 heterocycles. The van der Waals surface area contributed by atoms with Gasteiger partial charge in [0.15, 0.2) is 6.10 Å². The van der Waals surface area contributed by atoms with E-state index >= 15 is 0 Å². The van der Waals surface area contributed by atoms with Gasteiger partial charge in [-0.3, -0.25) is 4.90 Å². The predicted molar refractivity (Wildman–Crippen MR) is 112 cm³/mol. The molecule has 2 saturated heterocycles. The van der Waals surface area contributed by atoms with Gasteiger partial charge in [0.2, 0.25) is 0 Å². The van der Waals surface area contributed by atoms with E-state index in [4.69, 9.17) is 9.84 Å². The van der Waals surface area contributed by atoms with Crippen LogP contribution in [0.1, 0.15) is 43.7 Å². The van der Waals surface area contributed by atoms with E-state index in [9.17, 15) is 9.65 Å². The Hall–Kier alpha value is -2.43. The summed E-state index contributed by atoms with van der Waals surface area (Å²) >= 11 is 0. The predicted octanol–water partition coefficient (Wildman–Crippen LogP) is 3.47. The number of hydrogen-bond donors (Lipinski definition) is 0. The Labute approximate surface area is 176 Å². The van der Waals surface area contributed by atoms with Crippen LogP contribution in [0.4, 0.5) is 10.1 Å². The van der Waals surface area contributed by atoms with Crippen LogP contribution in [0.5, 0.6) is 0 Å². The molecular formula is C23H28FN5O. The maximum atomic E-state index is 13.3. The number of nitriles is 1. The van der Waals surface area contributed by atoms with Crippen molar-refractivity contribution >= 4 is 5.69 Å². The van der Waals surface area contributed by atoms with Crippen molar-refractivity contribution in [1.82, 2.24) is 14.7 Å². The SMILES string of the molecule is N#CC1CN(C2CCN(c3cn(-c4ccc(F)cc4)nc3C3CCC3)CC2)CCO1. The number of hydrogen-bond acceptors (Lipinski definition) is 5. The van der Waals surface area contributed by atoms with Gasteiger partial charge in [0.1, 0.15) is 5.82 Å². The van der Waals surface area contributed by atoms with Crippen molar-refractivity contribution in [3.05, 3.63) is 42.0 Å². The summed E-state index contributed by atoms with van der Waals surface area (Å²) in [6, 6.07) is 9.31. The fourth-order valence-electron chi connectivity index (χ4n) is 4.87. The summed E-state index contributed by atoms with van der Waals surface area (Å²) in [6.45, 7) is 4.27. The van der Waals surface area contributed by atoms with E-state index in [2.05, 4.69) is 22.1 Å². The molecule has 0 radical (unpaired) electrons. The highest BCUT2D eigenvalue weighted by atomic mass is 19.1. The number of piperidine rings is 1. The smallest absolute Gasteiger partial charge is 0.156 e. The van der Waals surface area contributed by atoms with Gasteiger partial charge in [-0.25, -0.2) is 9.07 Å². The minimum atomic E-state index is -0.295. The molecule has 1 saturated carbocycles. The number of nitrogens with zero attached hydrogens (tertiary/aromatic N) is 5. The largest absolute Gasteiger partial charge is 0.369 e. The molecule has 0 amide bonds. The molecule has 3 fully saturated rings. The Balaban J connectivity index is 1.32. The fraction of sp³-hybridized carbons (Fsp3) is 0.565. The molecule has 1 aliphatic carbocycles. The molecule has 158 valence electrons. The van der Waals surface area contributed by atoms with E-state index in [-0.39, 0.29) is 11.9 Å². The van der Waals surface area contributed by atoms with Gasteiger partial charge in [-0.1, -0.05) is 6.42 Å². The zero-order valence-electron chi connectivity index (χ0n) is 17.2. The molecule has 5 rings (SSSR count). The molecule has 6 nitrogen and oxygen atoms in total. The highest BCUT2D eigenvalue weighted by molar-refractivity contribution is 5.54. The number of ether oxygens (including phenoxy) is 1. The second-order valence-electron chi connectivity index (χ2n) is 8.65. The second-order valence-corrected chi connectivity index (χ2v) is 8.65. The Morgan fingerprint density at radius 1 is 1.07 bits per heavy atom. The van der Waals surface area contributed by atoms with Crippen LogP contribution in [0, 0.1) is 17.1 Å². The topological polar surface area (TPSA) is 57.3 Å². The van der Waals surface area contributed by atoms with E-state index in [1.165, 1.54) is 42.8 Å². The number of morpholine rings is 1. The van der Waals surface area contributed by atoms with Gasteiger partial charge in [-0.2, -0.15) is 10.4 Å². The van der Waals surface area contributed by atoms with Crippen LogP contribution in [0.25, 0.3) is 5.69 Å². The van der Waals surface area contributed by atoms with Crippen LogP contribution in [0.3, 0.4) is 0 Å². The number of rotatable bonds is 4. The van der Waals surface area contributed by atoms with Crippen molar-refractivity contribution in [2.75, 3.05) is 37.7 Å². The number of aromatic nitrogens is 2. The van der Waals surface area contributed by atoms with Gasteiger partial charge in [-0.15, -0.1) is 0 Å². The molecule has 2 aliphatic heterocycles. The van der Waals surface area contributed by atoms with E-state index in [1.807, 2.05) is 4.68 Å². The lowest BCUT2D eigenvalue weighted by Crippen LogP contribution is -2.51. The van der Waals surface area contributed by atoms with Gasteiger partial charge < -0.3 is 9.64 Å². The Bertz CT molecular complexity index is 909. The van der Waals surface area contributed by atoms with Crippen LogP contribution in [0.15, 0.2) is 30.5 Å². The molecule has 30 heavy (non-hydrogen) atoms. The molecule has 2 aromatic rings. The highest BCUT2D eigenvalue weighted by Gasteiger charge is 2.32. The first kappa shape index (κ1) is 19.5. The molecule has 7 heteroatoms. The summed E-state index contributed by atoms with van der Waals surface area (Å²) in [5.74, 6) is 0.309. The van der Waals surface area contributed by atoms with E-state index in [0.717, 1.165) is 44.7 Å². The minimum Gasteiger partial charge on any atom is -0.369 e. The van der Waals surface area contributed by atoms with Crippen molar-refractivity contribution in [2.45, 2.75) is 50.2 Å². The van der Waals surface area contributed by atoms with Crippen molar-refractivity contribution in [2.24, 2.45) is 0 Å². The monoisotopic (exact) mass is 409 g/mol. The third kappa shape index (κ3) is 3.82. The van der Waals surface area contributed by atoms with E-state index in [0.29, 0.717) is 18.6 Å². The van der Waals surface area contributed by atoms with Gasteiger partial charge in [0.25, 0.3) is 0 Å². The first-order valence-electron chi connectivity index (χ1n) is 11.1. The summed E-state index contributed by atoms with van der Waals surface area (Å²) in [5.41, 5.74) is 3.33. The summed E-state index contributed by atoms with van der Waals surface area (Å²) in [7, 11) is 0. The number of anilines is 1. The van der Waals surface area contributed by atoms with Crippen molar-refractivity contribution in [1.29, 1.82) is 5.26 Å². The van der Waals surface area contributed by atoms with Gasteiger partial charge >= 0.3 is 0 Å². The molecule has 0 spiro atoms. The number of halogens is 1. The third-order valence-corrected chi connectivity index (χ3v) is 6.87. The van der Waals surface area contributed by atoms with Crippen LogP contribution in [0.2, 0.25) is 0 Å².